The number of amides is 2. The first-order valence-corrected chi connectivity index (χ1v) is 18.0. The normalized spacial score (nSPS) is 13.5. The van der Waals surface area contributed by atoms with Gasteiger partial charge in [-0.2, -0.15) is 0 Å². The second-order valence-corrected chi connectivity index (χ2v) is 14.2. The minimum Gasteiger partial charge on any atom is -0.416 e. The molecule has 3 rings (SSSR count). The number of carbonyl (C=O) groups is 1. The summed E-state index contributed by atoms with van der Waals surface area (Å²) in [6, 6.07) is 22.6. The monoisotopic (exact) mass is 675 g/mol. The molecule has 2 atom stereocenters. The van der Waals surface area contributed by atoms with Crippen LogP contribution in [0.1, 0.15) is 26.2 Å². The molecule has 0 aromatic heterocycles. The Morgan fingerprint density at radius 2 is 1.36 bits per heavy atom. The van der Waals surface area contributed by atoms with Crippen LogP contribution in [0.15, 0.2) is 84.9 Å². The Bertz CT molecular complexity index is 1310. The van der Waals surface area contributed by atoms with Crippen molar-refractivity contribution in [1.29, 1.82) is 0 Å². The third-order valence-electron chi connectivity index (χ3n) is 5.82. The van der Waals surface area contributed by atoms with Crippen LogP contribution in [-0.2, 0) is 9.13 Å². The number of alkyl halides is 2. The summed E-state index contributed by atoms with van der Waals surface area (Å²) in [5.41, 5.74) is 0. The number of hydrogen-bond acceptors (Lipinski definition) is 6. The smallest absolute Gasteiger partial charge is 0.416 e. The van der Waals surface area contributed by atoms with Crippen LogP contribution in [-0.4, -0.2) is 41.3 Å². The molecule has 0 aliphatic carbocycles. The van der Waals surface area contributed by atoms with E-state index in [1.54, 1.807) is 78.9 Å². The van der Waals surface area contributed by atoms with Crippen LogP contribution in [0.2, 0.25) is 5.02 Å². The molecule has 0 saturated heterocycles. The number of halogens is 3. The molecule has 0 bridgehead atoms. The zero-order chi connectivity index (χ0) is 30.4. The molecule has 228 valence electrons. The van der Waals surface area contributed by atoms with Gasteiger partial charge in [-0.15, -0.1) is 23.2 Å². The van der Waals surface area contributed by atoms with Crippen molar-refractivity contribution in [2.75, 3.05) is 24.8 Å². The van der Waals surface area contributed by atoms with Crippen molar-refractivity contribution in [3.63, 3.8) is 0 Å². The molecule has 0 radical (unpaired) electrons. The average Bonchev–Trinajstić information content (AvgIpc) is 2.97. The molecular weight excluding hydrogens is 643 g/mol. The maximum atomic E-state index is 14.5. The van der Waals surface area contributed by atoms with Gasteiger partial charge >= 0.3 is 21.3 Å². The van der Waals surface area contributed by atoms with E-state index < -0.39 is 27.1 Å². The fourth-order valence-corrected chi connectivity index (χ4v) is 8.34. The van der Waals surface area contributed by atoms with Gasteiger partial charge in [0.15, 0.2) is 5.78 Å². The molecule has 2 amide bonds. The third kappa shape index (κ3) is 10.1. The molecule has 0 saturated carbocycles. The first kappa shape index (κ1) is 34.1. The number of rotatable bonds is 17. The molecule has 2 unspecified atom stereocenters. The number of unbranched alkanes of at least 4 members (excludes halogenated alkanes) is 1. The SMILES string of the molecule is CCCCC(NC(=O)NP(=O)(Oc1ccccc1Cl)N(CCCl)CCCl)P(=O)(Oc1ccccc1)Oc1ccccc1. The maximum Gasteiger partial charge on any atom is 0.452 e. The van der Waals surface area contributed by atoms with Crippen LogP contribution in [0.5, 0.6) is 17.2 Å². The molecule has 42 heavy (non-hydrogen) atoms. The van der Waals surface area contributed by atoms with Gasteiger partial charge in [-0.25, -0.2) is 23.7 Å². The number of benzene rings is 3. The minimum atomic E-state index is -4.19. The number of carbonyl (C=O) groups excluding carboxylic acids is 1. The van der Waals surface area contributed by atoms with Crippen molar-refractivity contribution >= 4 is 56.1 Å². The average molecular weight is 677 g/mol. The van der Waals surface area contributed by atoms with Crippen molar-refractivity contribution in [1.82, 2.24) is 15.1 Å². The van der Waals surface area contributed by atoms with Crippen molar-refractivity contribution in [2.24, 2.45) is 0 Å². The molecule has 9 nitrogen and oxygen atoms in total. The lowest BCUT2D eigenvalue weighted by molar-refractivity contribution is 0.239. The fraction of sp³-hybridized carbons (Fsp3) is 0.321. The summed E-state index contributed by atoms with van der Waals surface area (Å²) >= 11 is 18.2. The Hall–Kier alpha value is -2.38. The molecule has 3 aromatic rings. The van der Waals surface area contributed by atoms with Gasteiger partial charge in [0.05, 0.1) is 5.02 Å². The van der Waals surface area contributed by atoms with Gasteiger partial charge in [0.2, 0.25) is 0 Å². The summed E-state index contributed by atoms with van der Waals surface area (Å²) in [5.74, 6) is -0.279. The van der Waals surface area contributed by atoms with E-state index >= 15 is 0 Å². The lowest BCUT2D eigenvalue weighted by Crippen LogP contribution is -2.45. The highest BCUT2D eigenvalue weighted by molar-refractivity contribution is 7.56. The van der Waals surface area contributed by atoms with Gasteiger partial charge in [0.1, 0.15) is 17.2 Å². The first-order valence-electron chi connectivity index (χ1n) is 13.3. The van der Waals surface area contributed by atoms with Crippen LogP contribution >= 0.6 is 50.1 Å². The van der Waals surface area contributed by atoms with E-state index in [0.29, 0.717) is 17.9 Å². The Balaban J connectivity index is 1.95. The predicted molar refractivity (Wildman–Crippen MR) is 169 cm³/mol. The molecular formula is C28H34Cl3N3O6P2. The van der Waals surface area contributed by atoms with Crippen LogP contribution in [0.3, 0.4) is 0 Å². The summed E-state index contributed by atoms with van der Waals surface area (Å²) in [6.45, 7) is 2.13. The minimum absolute atomic E-state index is 0.0835. The number of nitrogens with zero attached hydrogens (tertiary/aromatic N) is 1. The van der Waals surface area contributed by atoms with Gasteiger partial charge < -0.3 is 18.9 Å². The molecule has 0 fully saturated rings. The lowest BCUT2D eigenvalue weighted by Gasteiger charge is -2.32. The van der Waals surface area contributed by atoms with Crippen molar-refractivity contribution in [2.45, 2.75) is 32.0 Å². The van der Waals surface area contributed by atoms with Crippen LogP contribution in [0.25, 0.3) is 0 Å². The largest absolute Gasteiger partial charge is 0.452 e. The molecule has 0 aliphatic rings. The number of nitrogens with one attached hydrogen (secondary N) is 2. The van der Waals surface area contributed by atoms with Crippen molar-refractivity contribution < 1.29 is 27.5 Å². The van der Waals surface area contributed by atoms with Crippen LogP contribution < -0.4 is 24.0 Å². The fourth-order valence-electron chi connectivity index (χ4n) is 3.79. The van der Waals surface area contributed by atoms with Crippen LogP contribution in [0.4, 0.5) is 4.79 Å². The van der Waals surface area contributed by atoms with E-state index in [-0.39, 0.29) is 42.0 Å². The predicted octanol–water partition coefficient (Wildman–Crippen LogP) is 8.77. The highest BCUT2D eigenvalue weighted by atomic mass is 35.5. The summed E-state index contributed by atoms with van der Waals surface area (Å²) in [6.07, 6.45) is 1.57. The van der Waals surface area contributed by atoms with Gasteiger partial charge in [-0.05, 0) is 42.8 Å². The molecule has 3 aromatic carbocycles. The highest BCUT2D eigenvalue weighted by Crippen LogP contribution is 2.54. The molecule has 2 N–H and O–H groups in total. The van der Waals surface area contributed by atoms with E-state index in [1.165, 1.54) is 10.7 Å². The first-order chi connectivity index (χ1) is 20.2. The lowest BCUT2D eigenvalue weighted by atomic mass is 10.2. The Morgan fingerprint density at radius 1 is 0.833 bits per heavy atom. The van der Waals surface area contributed by atoms with E-state index in [9.17, 15) is 13.9 Å². The third-order valence-corrected chi connectivity index (χ3v) is 10.6. The summed E-state index contributed by atoms with van der Waals surface area (Å²) in [4.78, 5) is 13.5. The van der Waals surface area contributed by atoms with E-state index in [0.717, 1.165) is 6.42 Å². The van der Waals surface area contributed by atoms with Crippen molar-refractivity contribution in [3.8, 4) is 17.2 Å². The van der Waals surface area contributed by atoms with E-state index in [1.807, 2.05) is 6.92 Å². The summed E-state index contributed by atoms with van der Waals surface area (Å²) < 4.78 is 47.9. The number of hydrogen-bond donors (Lipinski definition) is 2. The zero-order valence-corrected chi connectivity index (χ0v) is 27.1. The maximum absolute atomic E-state index is 14.5. The number of para-hydroxylation sites is 3. The van der Waals surface area contributed by atoms with Gasteiger partial charge in [0.25, 0.3) is 0 Å². The van der Waals surface area contributed by atoms with Gasteiger partial charge in [0, 0.05) is 24.8 Å². The Labute approximate surface area is 261 Å². The second-order valence-electron chi connectivity index (χ2n) is 8.97. The quantitative estimate of drug-likeness (QED) is 0.109. The zero-order valence-electron chi connectivity index (χ0n) is 23.0. The standard InChI is InChI=1S/C28H34Cl3N3O6P2/c1-2-3-18-27(41(36,38-23-12-6-4-7-13-23)39-24-14-8-5-9-15-24)32-28(35)33-42(37,34(21-19-29)22-20-30)40-26-17-11-10-16-25(26)31/h4-17,27H,2-3,18-22H2,1H3,(H2,32,33,35,37). The Kier molecular flexibility index (Phi) is 13.8. The molecule has 14 heteroatoms. The second kappa shape index (κ2) is 17.0. The summed E-state index contributed by atoms with van der Waals surface area (Å²) in [5, 5.41) is 5.32. The molecule has 0 aliphatic heterocycles. The van der Waals surface area contributed by atoms with E-state index in [2.05, 4.69) is 10.4 Å². The Morgan fingerprint density at radius 3 is 1.86 bits per heavy atom. The van der Waals surface area contributed by atoms with Crippen LogP contribution in [0, 0.1) is 0 Å². The molecule has 0 heterocycles. The van der Waals surface area contributed by atoms with Gasteiger partial charge in [-0.1, -0.05) is 79.9 Å². The van der Waals surface area contributed by atoms with Gasteiger partial charge in [-0.3, -0.25) is 0 Å². The highest BCUT2D eigenvalue weighted by Gasteiger charge is 2.42. The van der Waals surface area contributed by atoms with Crippen molar-refractivity contribution in [3.05, 3.63) is 90.0 Å². The summed E-state index contributed by atoms with van der Waals surface area (Å²) in [7, 11) is -8.31. The van der Waals surface area contributed by atoms with E-state index in [4.69, 9.17) is 48.4 Å². The topological polar surface area (TPSA) is 106 Å². The number of urea groups is 1. The molecule has 0 spiro atoms.